The van der Waals surface area contributed by atoms with Crippen LogP contribution in [0, 0.1) is 11.7 Å². The van der Waals surface area contributed by atoms with Crippen LogP contribution in [0.25, 0.3) is 10.9 Å². The lowest BCUT2D eigenvalue weighted by Crippen LogP contribution is -2.43. The predicted octanol–water partition coefficient (Wildman–Crippen LogP) is 4.61. The molecule has 1 aliphatic rings. The maximum atomic E-state index is 13.3. The van der Waals surface area contributed by atoms with E-state index in [1.807, 2.05) is 30.6 Å². The van der Waals surface area contributed by atoms with Gasteiger partial charge in [-0.25, -0.2) is 4.39 Å². The third kappa shape index (κ3) is 6.66. The van der Waals surface area contributed by atoms with Gasteiger partial charge in [-0.2, -0.15) is 0 Å². The molecule has 5 nitrogen and oxygen atoms in total. The van der Waals surface area contributed by atoms with Crippen LogP contribution in [0.1, 0.15) is 23.3 Å². The van der Waals surface area contributed by atoms with E-state index in [9.17, 15) is 4.39 Å². The van der Waals surface area contributed by atoms with Crippen LogP contribution in [-0.4, -0.2) is 49.1 Å². The van der Waals surface area contributed by atoms with Crippen molar-refractivity contribution in [2.24, 2.45) is 10.9 Å². The molecule has 0 amide bonds. The van der Waals surface area contributed by atoms with E-state index in [-0.39, 0.29) is 29.8 Å². The lowest BCUT2D eigenvalue weighted by molar-refractivity contribution is 0.179. The number of aromatic amines is 1. The molecule has 3 N–H and O–H groups in total. The average Bonchev–Trinajstić information content (AvgIpc) is 3.41. The van der Waals surface area contributed by atoms with Gasteiger partial charge in [0.15, 0.2) is 5.96 Å². The lowest BCUT2D eigenvalue weighted by Gasteiger charge is -2.32. The fourth-order valence-electron chi connectivity index (χ4n) is 4.11. The summed E-state index contributed by atoms with van der Waals surface area (Å²) < 4.78 is 13.3. The van der Waals surface area contributed by atoms with Crippen molar-refractivity contribution in [2.75, 3.05) is 33.2 Å². The normalized spacial score (nSPS) is 15.7. The van der Waals surface area contributed by atoms with Crippen molar-refractivity contribution in [2.45, 2.75) is 25.8 Å². The van der Waals surface area contributed by atoms with Crippen molar-refractivity contribution in [3.63, 3.8) is 0 Å². The third-order valence-corrected chi connectivity index (χ3v) is 6.73. The Morgan fingerprint density at radius 2 is 2.10 bits per heavy atom. The smallest absolute Gasteiger partial charge is 0.190 e. The van der Waals surface area contributed by atoms with Crippen LogP contribution < -0.4 is 10.6 Å². The number of thiophene rings is 1. The minimum Gasteiger partial charge on any atom is -0.361 e. The molecule has 8 heteroatoms. The van der Waals surface area contributed by atoms with Crippen LogP contribution in [0.3, 0.4) is 0 Å². The number of aliphatic imine (C=N–C) groups is 1. The van der Waals surface area contributed by atoms with E-state index in [2.05, 4.69) is 43.0 Å². The number of nitrogens with zero attached hydrogens (tertiary/aromatic N) is 2. The average molecular weight is 556 g/mol. The molecule has 0 unspecified atom stereocenters. The second-order valence-electron chi connectivity index (χ2n) is 7.93. The molecule has 4 rings (SSSR count). The summed E-state index contributed by atoms with van der Waals surface area (Å²) >= 11 is 1.85. The highest BCUT2D eigenvalue weighted by Gasteiger charge is 2.19. The molecule has 1 fully saturated rings. The summed E-state index contributed by atoms with van der Waals surface area (Å²) in [6.07, 6.45) is 5.27. The number of H-pyrrole nitrogens is 1. The summed E-state index contributed by atoms with van der Waals surface area (Å²) in [5.74, 6) is 1.32. The van der Waals surface area contributed by atoms with Gasteiger partial charge in [0.25, 0.3) is 0 Å². The quantitative estimate of drug-likeness (QED) is 0.227. The van der Waals surface area contributed by atoms with Gasteiger partial charge in [-0.05, 0) is 73.5 Å². The molecule has 1 aromatic carbocycles. The summed E-state index contributed by atoms with van der Waals surface area (Å²) in [6, 6.07) is 9.25. The number of fused-ring (bicyclic) bond motifs is 1. The number of nitrogens with one attached hydrogen (secondary N) is 3. The molecular formula is C23H31FIN5S. The highest BCUT2D eigenvalue weighted by atomic mass is 127. The first-order chi connectivity index (χ1) is 14.7. The number of piperidine rings is 1. The van der Waals surface area contributed by atoms with Crippen LogP contribution in [0.15, 0.2) is 46.9 Å². The number of likely N-dealkylation sites (tertiary alicyclic amines) is 1. The maximum Gasteiger partial charge on any atom is 0.190 e. The number of hydrogen-bond acceptors (Lipinski definition) is 3. The number of hydrogen-bond donors (Lipinski definition) is 3. The highest BCUT2D eigenvalue weighted by Crippen LogP contribution is 2.21. The summed E-state index contributed by atoms with van der Waals surface area (Å²) in [7, 11) is 1.81. The van der Waals surface area contributed by atoms with E-state index in [0.717, 1.165) is 56.0 Å². The fraction of sp³-hybridized carbons (Fsp3) is 0.435. The standard InChI is InChI=1S/C23H30FN5S.HI/c1-25-23(26-9-6-18-15-27-22-13-19(24)4-5-21(18)22)28-14-17-7-10-29(11-8-17)16-20-3-2-12-30-20;/h2-5,12-13,15,17,27H,6-11,14,16H2,1H3,(H2,25,26,28);1H. The Hall–Kier alpha value is -1.65. The van der Waals surface area contributed by atoms with E-state index in [1.54, 1.807) is 6.07 Å². The largest absolute Gasteiger partial charge is 0.361 e. The van der Waals surface area contributed by atoms with Crippen molar-refractivity contribution in [1.29, 1.82) is 0 Å². The molecule has 3 aromatic rings. The molecule has 3 heterocycles. The summed E-state index contributed by atoms with van der Waals surface area (Å²) in [5, 5.41) is 10.1. The predicted molar refractivity (Wildman–Crippen MR) is 139 cm³/mol. The minimum absolute atomic E-state index is 0. The zero-order valence-electron chi connectivity index (χ0n) is 17.9. The summed E-state index contributed by atoms with van der Waals surface area (Å²) in [5.41, 5.74) is 2.03. The topological polar surface area (TPSA) is 55.5 Å². The molecule has 0 radical (unpaired) electrons. The summed E-state index contributed by atoms with van der Waals surface area (Å²) in [4.78, 5) is 11.5. The van der Waals surface area contributed by atoms with Gasteiger partial charge in [-0.1, -0.05) is 6.07 Å². The van der Waals surface area contributed by atoms with E-state index in [4.69, 9.17) is 0 Å². The van der Waals surface area contributed by atoms with Crippen LogP contribution in [0.4, 0.5) is 4.39 Å². The molecular weight excluding hydrogens is 524 g/mol. The Kier molecular flexibility index (Phi) is 9.15. The molecule has 1 aliphatic heterocycles. The number of aromatic nitrogens is 1. The molecule has 1 saturated heterocycles. The second kappa shape index (κ2) is 11.8. The zero-order valence-corrected chi connectivity index (χ0v) is 21.0. The van der Waals surface area contributed by atoms with Gasteiger partial charge < -0.3 is 15.6 Å². The van der Waals surface area contributed by atoms with Gasteiger partial charge >= 0.3 is 0 Å². The zero-order chi connectivity index (χ0) is 20.8. The van der Waals surface area contributed by atoms with Gasteiger partial charge in [0.1, 0.15) is 5.82 Å². The first-order valence-corrected chi connectivity index (χ1v) is 11.5. The third-order valence-electron chi connectivity index (χ3n) is 5.86. The lowest BCUT2D eigenvalue weighted by atomic mass is 9.97. The van der Waals surface area contributed by atoms with Crippen molar-refractivity contribution in [3.8, 4) is 0 Å². The SMILES string of the molecule is CN=C(NCCc1c[nH]c2cc(F)ccc12)NCC1CCN(Cc2cccs2)CC1.I. The van der Waals surface area contributed by atoms with Gasteiger partial charge in [0.2, 0.25) is 0 Å². The van der Waals surface area contributed by atoms with Crippen molar-refractivity contribution in [3.05, 3.63) is 58.2 Å². The molecule has 168 valence electrons. The van der Waals surface area contributed by atoms with Crippen LogP contribution >= 0.6 is 35.3 Å². The Bertz CT molecular complexity index is 964. The Balaban J connectivity index is 0.00000272. The molecule has 0 aliphatic carbocycles. The number of rotatable bonds is 7. The number of benzene rings is 1. The molecule has 0 bridgehead atoms. The van der Waals surface area contributed by atoms with Gasteiger partial charge in [0, 0.05) is 48.7 Å². The first-order valence-electron chi connectivity index (χ1n) is 10.7. The Labute approximate surface area is 204 Å². The van der Waals surface area contributed by atoms with Crippen LogP contribution in [0.2, 0.25) is 0 Å². The Morgan fingerprint density at radius 1 is 1.26 bits per heavy atom. The van der Waals surface area contributed by atoms with Crippen LogP contribution in [0.5, 0.6) is 0 Å². The minimum atomic E-state index is -0.212. The first kappa shape index (κ1) is 24.0. The highest BCUT2D eigenvalue weighted by molar-refractivity contribution is 14.0. The van der Waals surface area contributed by atoms with Gasteiger partial charge in [-0.15, -0.1) is 35.3 Å². The van der Waals surface area contributed by atoms with Crippen LogP contribution in [-0.2, 0) is 13.0 Å². The maximum absolute atomic E-state index is 13.3. The van der Waals surface area contributed by atoms with Crippen molar-refractivity contribution in [1.82, 2.24) is 20.5 Å². The van der Waals surface area contributed by atoms with E-state index in [0.29, 0.717) is 5.92 Å². The van der Waals surface area contributed by atoms with E-state index < -0.39 is 0 Å². The van der Waals surface area contributed by atoms with Crippen molar-refractivity contribution >= 4 is 52.2 Å². The Morgan fingerprint density at radius 3 is 2.84 bits per heavy atom. The van der Waals surface area contributed by atoms with Gasteiger partial charge in [-0.3, -0.25) is 9.89 Å². The molecule has 0 atom stereocenters. The van der Waals surface area contributed by atoms with E-state index in [1.165, 1.54) is 29.3 Å². The summed E-state index contributed by atoms with van der Waals surface area (Å²) in [6.45, 7) is 5.15. The molecule has 31 heavy (non-hydrogen) atoms. The van der Waals surface area contributed by atoms with Gasteiger partial charge in [0.05, 0.1) is 0 Å². The monoisotopic (exact) mass is 555 g/mol. The second-order valence-corrected chi connectivity index (χ2v) is 8.96. The molecule has 0 saturated carbocycles. The molecule has 2 aromatic heterocycles. The number of guanidine groups is 1. The van der Waals surface area contributed by atoms with Crippen molar-refractivity contribution < 1.29 is 4.39 Å². The number of halogens is 2. The fourth-order valence-corrected chi connectivity index (χ4v) is 4.86. The molecule has 0 spiro atoms. The van der Waals surface area contributed by atoms with E-state index >= 15 is 0 Å².